The maximum absolute atomic E-state index is 5.21. The third-order valence-electron chi connectivity index (χ3n) is 10.6. The summed E-state index contributed by atoms with van der Waals surface area (Å²) in [6.07, 6.45) is 0. The Balaban J connectivity index is 1.23. The second kappa shape index (κ2) is 9.92. The van der Waals surface area contributed by atoms with E-state index in [0.29, 0.717) is 68.5 Å². The molecule has 0 saturated heterocycles. The molecule has 0 unspecified atom stereocenters. The summed E-state index contributed by atoms with van der Waals surface area (Å²) in [4.78, 5) is 54.9. The zero-order valence-corrected chi connectivity index (χ0v) is 28.0. The highest BCUT2D eigenvalue weighted by Crippen LogP contribution is 2.38. The minimum atomic E-state index is 0.571. The first-order valence-corrected chi connectivity index (χ1v) is 17.5. The second-order valence-corrected chi connectivity index (χ2v) is 13.6. The molecule has 12 heteroatoms. The van der Waals surface area contributed by atoms with Crippen LogP contribution in [0.25, 0.3) is 134 Å². The number of nitrogens with zero attached hydrogens (tertiary/aromatic N) is 8. The highest BCUT2D eigenvalue weighted by molar-refractivity contribution is 6.18. The molecule has 0 amide bonds. The van der Waals surface area contributed by atoms with Crippen LogP contribution in [-0.2, 0) is 0 Å². The fourth-order valence-electron chi connectivity index (χ4n) is 8.04. The summed E-state index contributed by atoms with van der Waals surface area (Å²) in [7, 11) is 0. The van der Waals surface area contributed by atoms with Crippen LogP contribution in [0.2, 0.25) is 0 Å². The molecule has 8 heterocycles. The van der Waals surface area contributed by atoms with Crippen molar-refractivity contribution in [2.75, 3.05) is 0 Å². The normalized spacial score (nSPS) is 12.4. The van der Waals surface area contributed by atoms with Crippen molar-refractivity contribution in [3.8, 4) is 45.6 Å². The number of fused-ring (bicyclic) bond motifs is 30. The molecular formula is C42H22N12. The Bertz CT molecular complexity index is 3410. The highest BCUT2D eigenvalue weighted by atomic mass is 15.1. The van der Waals surface area contributed by atoms with E-state index in [0.717, 1.165) is 65.3 Å². The molecule has 0 atom stereocenters. The van der Waals surface area contributed by atoms with E-state index in [1.54, 1.807) is 0 Å². The molecular weight excluding hydrogens is 673 g/mol. The predicted molar refractivity (Wildman–Crippen MR) is 210 cm³/mol. The molecule has 5 aromatic carbocycles. The van der Waals surface area contributed by atoms with Crippen LogP contribution in [0.1, 0.15) is 0 Å². The van der Waals surface area contributed by atoms with Gasteiger partial charge in [0.1, 0.15) is 45.2 Å². The lowest BCUT2D eigenvalue weighted by atomic mass is 10.1. The Morgan fingerprint density at radius 3 is 0.796 bits per heavy atom. The van der Waals surface area contributed by atoms with E-state index >= 15 is 0 Å². The molecule has 0 aliphatic carbocycles. The second-order valence-electron chi connectivity index (χ2n) is 13.6. The van der Waals surface area contributed by atoms with Crippen LogP contribution >= 0.6 is 0 Å². The lowest BCUT2D eigenvalue weighted by molar-refractivity contribution is 1.20. The summed E-state index contributed by atoms with van der Waals surface area (Å²) in [6, 6.07) is 36.6. The summed E-state index contributed by atoms with van der Waals surface area (Å²) in [5, 5.41) is 7.26. The Hall–Kier alpha value is -7.86. The Kier molecular flexibility index (Phi) is 5.11. The fourth-order valence-corrected chi connectivity index (χ4v) is 8.04. The SMILES string of the molecule is c1ccc2c(c1)-c1nc-2nc2[nH]c(nc3[nH]c(n1)c1ccccc31)c1cc3c4nc5[nH]c(nc6nc(nc([nH]4)c3cc21)-c1ccccc1-6)c1ccccc51. The molecule has 12 bridgehead atoms. The molecule has 54 heavy (non-hydrogen) atoms. The number of rotatable bonds is 0. The van der Waals surface area contributed by atoms with Gasteiger partial charge in [0.05, 0.1) is 0 Å². The number of hydrogen-bond donors (Lipinski definition) is 4. The topological polar surface area (TPSA) is 166 Å². The summed E-state index contributed by atoms with van der Waals surface area (Å²) < 4.78 is 0. The zero-order chi connectivity index (χ0) is 35.1. The monoisotopic (exact) mass is 694 g/mol. The molecule has 0 saturated carbocycles. The van der Waals surface area contributed by atoms with Crippen LogP contribution in [0, 0.1) is 0 Å². The van der Waals surface area contributed by atoms with Crippen LogP contribution in [0.3, 0.4) is 0 Å². The quantitative estimate of drug-likeness (QED) is 0.122. The summed E-state index contributed by atoms with van der Waals surface area (Å²) in [5.74, 6) is 2.33. The summed E-state index contributed by atoms with van der Waals surface area (Å²) in [5.41, 5.74) is 8.93. The van der Waals surface area contributed by atoms with E-state index in [1.807, 2.05) is 84.9 Å². The van der Waals surface area contributed by atoms with Crippen molar-refractivity contribution in [1.29, 1.82) is 0 Å². The molecule has 2 aliphatic rings. The van der Waals surface area contributed by atoms with Gasteiger partial charge in [0.2, 0.25) is 0 Å². The van der Waals surface area contributed by atoms with Gasteiger partial charge in [-0.2, -0.15) is 0 Å². The average Bonchev–Trinajstić information content (AvgIpc) is 4.04. The van der Waals surface area contributed by atoms with Gasteiger partial charge < -0.3 is 19.9 Å². The first kappa shape index (κ1) is 27.8. The van der Waals surface area contributed by atoms with E-state index < -0.39 is 0 Å². The van der Waals surface area contributed by atoms with Crippen molar-refractivity contribution < 1.29 is 0 Å². The minimum Gasteiger partial charge on any atom is -0.324 e. The molecule has 6 aromatic heterocycles. The fraction of sp³-hybridized carbons (Fsp3) is 0. The number of hydrogen-bond acceptors (Lipinski definition) is 8. The molecule has 4 N–H and O–H groups in total. The molecule has 2 aliphatic heterocycles. The molecule has 0 spiro atoms. The van der Waals surface area contributed by atoms with E-state index in [4.69, 9.17) is 39.9 Å². The van der Waals surface area contributed by atoms with Gasteiger partial charge in [-0.1, -0.05) is 97.1 Å². The van der Waals surface area contributed by atoms with E-state index in [1.165, 1.54) is 0 Å². The van der Waals surface area contributed by atoms with E-state index in [2.05, 4.69) is 44.2 Å². The van der Waals surface area contributed by atoms with Gasteiger partial charge in [-0.15, -0.1) is 0 Å². The average molecular weight is 695 g/mol. The first-order valence-electron chi connectivity index (χ1n) is 17.5. The number of H-pyrrole nitrogens is 4. The molecule has 12 nitrogen and oxygen atoms in total. The third kappa shape index (κ3) is 3.74. The van der Waals surface area contributed by atoms with Gasteiger partial charge in [-0.25, -0.2) is 39.9 Å². The van der Waals surface area contributed by atoms with Crippen molar-refractivity contribution in [1.82, 2.24) is 59.8 Å². The van der Waals surface area contributed by atoms with Gasteiger partial charge in [0, 0.05) is 65.3 Å². The van der Waals surface area contributed by atoms with Crippen molar-refractivity contribution in [3.63, 3.8) is 0 Å². The minimum absolute atomic E-state index is 0.571. The molecule has 0 fully saturated rings. The highest BCUT2D eigenvalue weighted by Gasteiger charge is 2.22. The van der Waals surface area contributed by atoms with Crippen molar-refractivity contribution in [2.45, 2.75) is 0 Å². The molecule has 11 aromatic rings. The largest absolute Gasteiger partial charge is 0.324 e. The Morgan fingerprint density at radius 2 is 0.481 bits per heavy atom. The standard InChI is InChI=1S/C42H22N12/c1-5-13-23-19(9-1)31-43-32-20-10-2-6-14-24(20)36(46-32)50-40-28-18-30-29(17-27(28)39(53-40)49-35(23)45-31)41-51-37-25-15-7-3-11-21(25)33(47-37)44-34-22-12-4-8-16-26(22)38(48-34)52-42(30)54-41/h1-18H,(H2,43,45,46,49,50,53)(H2,44,47,48,51,52,54). The number of aromatic nitrogens is 12. The molecule has 0 radical (unpaired) electrons. The summed E-state index contributed by atoms with van der Waals surface area (Å²) in [6.45, 7) is 0. The number of aromatic amines is 4. The third-order valence-corrected chi connectivity index (χ3v) is 10.6. The van der Waals surface area contributed by atoms with Gasteiger partial charge in [0.15, 0.2) is 23.3 Å². The van der Waals surface area contributed by atoms with Crippen molar-refractivity contribution in [2.24, 2.45) is 0 Å². The Morgan fingerprint density at radius 1 is 0.241 bits per heavy atom. The first-order chi connectivity index (χ1) is 26.7. The number of nitrogens with one attached hydrogen (secondary N) is 4. The van der Waals surface area contributed by atoms with E-state index in [9.17, 15) is 0 Å². The summed E-state index contributed by atoms with van der Waals surface area (Å²) >= 11 is 0. The smallest absolute Gasteiger partial charge is 0.164 e. The lowest BCUT2D eigenvalue weighted by Gasteiger charge is -1.97. The Labute approximate surface area is 302 Å². The van der Waals surface area contributed by atoms with Crippen LogP contribution < -0.4 is 0 Å². The molecule has 13 rings (SSSR count). The van der Waals surface area contributed by atoms with Gasteiger partial charge in [-0.05, 0) is 12.1 Å². The lowest BCUT2D eigenvalue weighted by Crippen LogP contribution is -1.82. The van der Waals surface area contributed by atoms with Crippen LogP contribution in [0.5, 0.6) is 0 Å². The maximum Gasteiger partial charge on any atom is 0.164 e. The van der Waals surface area contributed by atoms with Crippen LogP contribution in [0.4, 0.5) is 0 Å². The van der Waals surface area contributed by atoms with Gasteiger partial charge >= 0.3 is 0 Å². The molecule has 250 valence electrons. The van der Waals surface area contributed by atoms with Gasteiger partial charge in [-0.3, -0.25) is 0 Å². The predicted octanol–water partition coefficient (Wildman–Crippen LogP) is 8.93. The zero-order valence-electron chi connectivity index (χ0n) is 28.0. The van der Waals surface area contributed by atoms with Crippen LogP contribution in [0.15, 0.2) is 109 Å². The number of benzene rings is 5. The van der Waals surface area contributed by atoms with Crippen molar-refractivity contribution >= 4 is 88.3 Å². The van der Waals surface area contributed by atoms with Gasteiger partial charge in [0.25, 0.3) is 0 Å². The van der Waals surface area contributed by atoms with Crippen molar-refractivity contribution in [3.05, 3.63) is 109 Å². The van der Waals surface area contributed by atoms with E-state index in [-0.39, 0.29) is 0 Å². The van der Waals surface area contributed by atoms with Crippen LogP contribution in [-0.4, -0.2) is 59.8 Å². The maximum atomic E-state index is 5.21.